The molecule has 1 amide bonds. The van der Waals surface area contributed by atoms with E-state index in [4.69, 9.17) is 4.74 Å². The van der Waals surface area contributed by atoms with Gasteiger partial charge in [-0.25, -0.2) is 0 Å². The van der Waals surface area contributed by atoms with Gasteiger partial charge in [0.1, 0.15) is 0 Å². The molecule has 1 fully saturated rings. The summed E-state index contributed by atoms with van der Waals surface area (Å²) in [6, 6.07) is 0.508. The van der Waals surface area contributed by atoms with Crippen molar-refractivity contribution < 1.29 is 9.53 Å². The molecule has 0 radical (unpaired) electrons. The first-order valence-electron chi connectivity index (χ1n) is 6.38. The Morgan fingerprint density at radius 2 is 2.29 bits per heavy atom. The number of hydrogen-bond donors (Lipinski definition) is 2. The van der Waals surface area contributed by atoms with Gasteiger partial charge in [-0.1, -0.05) is 13.3 Å². The van der Waals surface area contributed by atoms with Gasteiger partial charge in [-0.2, -0.15) is 11.8 Å². The average Bonchev–Trinajstić information content (AvgIpc) is 2.75. The number of carbonyl (C=O) groups excluding carboxylic acids is 1. The molecular weight excluding hydrogens is 236 g/mol. The third-order valence-corrected chi connectivity index (χ3v) is 4.31. The average molecular weight is 260 g/mol. The summed E-state index contributed by atoms with van der Waals surface area (Å²) in [5.74, 6) is 1.22. The van der Waals surface area contributed by atoms with Crippen molar-refractivity contribution in [2.45, 2.75) is 37.5 Å². The van der Waals surface area contributed by atoms with Crippen molar-refractivity contribution in [3.05, 3.63) is 0 Å². The van der Waals surface area contributed by atoms with Gasteiger partial charge in [0.25, 0.3) is 0 Å². The first-order valence-corrected chi connectivity index (χ1v) is 7.43. The van der Waals surface area contributed by atoms with Crippen LogP contribution in [0.25, 0.3) is 0 Å². The van der Waals surface area contributed by atoms with Crippen LogP contribution in [-0.2, 0) is 9.53 Å². The highest BCUT2D eigenvalue weighted by molar-refractivity contribution is 7.99. The lowest BCUT2D eigenvalue weighted by atomic mass is 10.2. The van der Waals surface area contributed by atoms with Crippen molar-refractivity contribution in [1.82, 2.24) is 10.6 Å². The predicted molar refractivity (Wildman–Crippen MR) is 72.4 cm³/mol. The lowest BCUT2D eigenvalue weighted by molar-refractivity contribution is -0.120. The van der Waals surface area contributed by atoms with Gasteiger partial charge in [0, 0.05) is 24.9 Å². The molecule has 0 aromatic carbocycles. The van der Waals surface area contributed by atoms with Crippen LogP contribution in [0.2, 0.25) is 0 Å². The van der Waals surface area contributed by atoms with Gasteiger partial charge >= 0.3 is 0 Å². The van der Waals surface area contributed by atoms with Crippen molar-refractivity contribution in [1.29, 1.82) is 0 Å². The van der Waals surface area contributed by atoms with E-state index in [9.17, 15) is 4.79 Å². The van der Waals surface area contributed by atoms with E-state index in [1.807, 2.05) is 11.8 Å². The summed E-state index contributed by atoms with van der Waals surface area (Å²) in [5.41, 5.74) is 0. The Kier molecular flexibility index (Phi) is 7.64. The topological polar surface area (TPSA) is 50.4 Å². The first-order chi connectivity index (χ1) is 8.27. The number of hydrogen-bond acceptors (Lipinski definition) is 4. The molecule has 0 aromatic rings. The van der Waals surface area contributed by atoms with E-state index in [1.54, 1.807) is 7.11 Å². The molecule has 4 nitrogen and oxygen atoms in total. The summed E-state index contributed by atoms with van der Waals surface area (Å²) in [5, 5.41) is 6.88. The van der Waals surface area contributed by atoms with Crippen LogP contribution in [0.15, 0.2) is 0 Å². The van der Waals surface area contributed by atoms with Crippen LogP contribution < -0.4 is 10.6 Å². The highest BCUT2D eigenvalue weighted by atomic mass is 32.2. The van der Waals surface area contributed by atoms with Crippen molar-refractivity contribution in [2.75, 3.05) is 32.6 Å². The first kappa shape index (κ1) is 14.8. The lowest BCUT2D eigenvalue weighted by Crippen LogP contribution is -2.42. The molecule has 5 heteroatoms. The summed E-state index contributed by atoms with van der Waals surface area (Å²) < 4.78 is 4.88. The largest absolute Gasteiger partial charge is 0.383 e. The van der Waals surface area contributed by atoms with Crippen molar-refractivity contribution >= 4 is 17.7 Å². The summed E-state index contributed by atoms with van der Waals surface area (Å²) in [7, 11) is 1.63. The van der Waals surface area contributed by atoms with Gasteiger partial charge < -0.3 is 15.4 Å². The van der Waals surface area contributed by atoms with E-state index in [-0.39, 0.29) is 5.91 Å². The lowest BCUT2D eigenvalue weighted by Gasteiger charge is -2.19. The summed E-state index contributed by atoms with van der Waals surface area (Å²) in [6.45, 7) is 3.78. The molecule has 100 valence electrons. The van der Waals surface area contributed by atoms with Crippen LogP contribution in [0, 0.1) is 0 Å². The molecule has 0 aromatic heterocycles. The zero-order chi connectivity index (χ0) is 12.5. The fourth-order valence-electron chi connectivity index (χ4n) is 2.15. The molecule has 2 unspecified atom stereocenters. The molecule has 1 rings (SSSR count). The molecule has 0 spiro atoms. The van der Waals surface area contributed by atoms with E-state index in [0.717, 1.165) is 5.75 Å². The van der Waals surface area contributed by atoms with Crippen LogP contribution in [0.4, 0.5) is 0 Å². The molecule has 2 N–H and O–H groups in total. The second-order valence-electron chi connectivity index (χ2n) is 4.25. The number of amides is 1. The highest BCUT2D eigenvalue weighted by Crippen LogP contribution is 2.29. The number of carbonyl (C=O) groups is 1. The van der Waals surface area contributed by atoms with Crippen LogP contribution >= 0.6 is 11.8 Å². The zero-order valence-electron chi connectivity index (χ0n) is 10.8. The van der Waals surface area contributed by atoms with Crippen LogP contribution in [0.1, 0.15) is 26.2 Å². The molecule has 2 atom stereocenters. The number of thioether (sulfide) groups is 1. The molecule has 0 bridgehead atoms. The third kappa shape index (κ3) is 5.75. The molecule has 0 aliphatic heterocycles. The van der Waals surface area contributed by atoms with Gasteiger partial charge in [-0.15, -0.1) is 0 Å². The molecule has 1 saturated carbocycles. The van der Waals surface area contributed by atoms with Crippen molar-refractivity contribution in [2.24, 2.45) is 0 Å². The van der Waals surface area contributed by atoms with Gasteiger partial charge in [-0.3, -0.25) is 4.79 Å². The molecule has 1 aliphatic rings. The summed E-state index contributed by atoms with van der Waals surface area (Å²) >= 11 is 2.01. The molecule has 1 aliphatic carbocycles. The number of nitrogens with one attached hydrogen (secondary N) is 2. The van der Waals surface area contributed by atoms with E-state index < -0.39 is 0 Å². The second-order valence-corrected chi connectivity index (χ2v) is 5.77. The molecule has 0 saturated heterocycles. The Morgan fingerprint density at radius 1 is 1.47 bits per heavy atom. The minimum atomic E-state index is 0.0641. The van der Waals surface area contributed by atoms with Crippen LogP contribution in [0.3, 0.4) is 0 Å². The van der Waals surface area contributed by atoms with Crippen LogP contribution in [0.5, 0.6) is 0 Å². The minimum absolute atomic E-state index is 0.0641. The Hall–Kier alpha value is -0.260. The number of methoxy groups -OCH3 is 1. The standard InChI is InChI=1S/C12H24N2O2S/c1-3-17-11-6-4-5-10(11)14-9-12(15)13-7-8-16-2/h10-11,14H,3-9H2,1-2H3,(H,13,15). The summed E-state index contributed by atoms with van der Waals surface area (Å²) in [4.78, 5) is 11.5. The maximum Gasteiger partial charge on any atom is 0.234 e. The Bertz CT molecular complexity index is 227. The summed E-state index contributed by atoms with van der Waals surface area (Å²) in [6.07, 6.45) is 3.76. The van der Waals surface area contributed by atoms with E-state index in [1.165, 1.54) is 19.3 Å². The fourth-order valence-corrected chi connectivity index (χ4v) is 3.38. The van der Waals surface area contributed by atoms with Gasteiger partial charge in [0.15, 0.2) is 0 Å². The minimum Gasteiger partial charge on any atom is -0.383 e. The predicted octanol–water partition coefficient (Wildman–Crippen LogP) is 1.01. The third-order valence-electron chi connectivity index (χ3n) is 2.99. The monoisotopic (exact) mass is 260 g/mol. The second kappa shape index (κ2) is 8.78. The fraction of sp³-hybridized carbons (Fsp3) is 0.917. The van der Waals surface area contributed by atoms with E-state index >= 15 is 0 Å². The van der Waals surface area contributed by atoms with Gasteiger partial charge in [0.05, 0.1) is 13.2 Å². The smallest absolute Gasteiger partial charge is 0.234 e. The number of rotatable bonds is 8. The number of ether oxygens (including phenoxy) is 1. The Morgan fingerprint density at radius 3 is 3.00 bits per heavy atom. The Balaban J connectivity index is 2.14. The maximum atomic E-state index is 11.5. The maximum absolute atomic E-state index is 11.5. The van der Waals surface area contributed by atoms with Gasteiger partial charge in [0.2, 0.25) is 5.91 Å². The van der Waals surface area contributed by atoms with Crippen molar-refractivity contribution in [3.8, 4) is 0 Å². The van der Waals surface area contributed by atoms with Crippen molar-refractivity contribution in [3.63, 3.8) is 0 Å². The SMILES string of the molecule is CCSC1CCCC1NCC(=O)NCCOC. The molecule has 0 heterocycles. The van der Waals surface area contributed by atoms with Gasteiger partial charge in [-0.05, 0) is 18.6 Å². The van der Waals surface area contributed by atoms with E-state index in [2.05, 4.69) is 17.6 Å². The van der Waals surface area contributed by atoms with Crippen LogP contribution in [-0.4, -0.2) is 49.8 Å². The quantitative estimate of drug-likeness (QED) is 0.640. The Labute approximate surface area is 108 Å². The van der Waals surface area contributed by atoms with E-state index in [0.29, 0.717) is 31.0 Å². The molecule has 17 heavy (non-hydrogen) atoms. The highest BCUT2D eigenvalue weighted by Gasteiger charge is 2.26. The normalized spacial score (nSPS) is 23.9. The molecular formula is C12H24N2O2S. The zero-order valence-corrected chi connectivity index (χ0v) is 11.6.